The standard InChI is InChI=1S/C22H24N4O4/c1-3-25(17-7-5-4-6-16(17)22(28)29)18-12-15(2)14-26-20(27)13-19(23-21(18)26)24-8-10-30-11-9-24/h4-7,12-14H,3,8-11H2,1-2H3,(H,28,29). The summed E-state index contributed by atoms with van der Waals surface area (Å²) in [7, 11) is 0. The summed E-state index contributed by atoms with van der Waals surface area (Å²) in [6, 6.07) is 10.3. The number of para-hydroxylation sites is 1. The minimum atomic E-state index is -1.000. The molecule has 1 aliphatic heterocycles. The molecule has 3 aromatic rings. The number of fused-ring (bicyclic) bond motifs is 1. The summed E-state index contributed by atoms with van der Waals surface area (Å²) in [6.45, 7) is 6.89. The van der Waals surface area contributed by atoms with Crippen LogP contribution in [0.1, 0.15) is 22.8 Å². The number of hydrogen-bond donors (Lipinski definition) is 1. The lowest BCUT2D eigenvalue weighted by molar-refractivity contribution is 0.0697. The molecule has 1 aliphatic rings. The van der Waals surface area contributed by atoms with Crippen molar-refractivity contribution in [3.05, 3.63) is 64.1 Å². The first-order chi connectivity index (χ1) is 14.5. The molecule has 1 fully saturated rings. The molecule has 0 aliphatic carbocycles. The zero-order valence-electron chi connectivity index (χ0n) is 17.0. The number of carbonyl (C=O) groups is 1. The number of pyridine rings is 1. The molecular formula is C22H24N4O4. The lowest BCUT2D eigenvalue weighted by atomic mass is 10.1. The van der Waals surface area contributed by atoms with Gasteiger partial charge < -0.3 is 19.6 Å². The minimum absolute atomic E-state index is 0.172. The van der Waals surface area contributed by atoms with Crippen molar-refractivity contribution >= 4 is 28.8 Å². The summed E-state index contributed by atoms with van der Waals surface area (Å²) >= 11 is 0. The van der Waals surface area contributed by atoms with Crippen LogP contribution in [0.2, 0.25) is 0 Å². The summed E-state index contributed by atoms with van der Waals surface area (Å²) in [5.41, 5.74) is 2.66. The Bertz CT molecular complexity index is 1150. The molecular weight excluding hydrogens is 384 g/mol. The highest BCUT2D eigenvalue weighted by Crippen LogP contribution is 2.32. The van der Waals surface area contributed by atoms with Crippen molar-refractivity contribution in [2.45, 2.75) is 13.8 Å². The number of aromatic carboxylic acids is 1. The van der Waals surface area contributed by atoms with Gasteiger partial charge in [-0.2, -0.15) is 0 Å². The van der Waals surface area contributed by atoms with E-state index in [-0.39, 0.29) is 11.1 Å². The van der Waals surface area contributed by atoms with E-state index >= 15 is 0 Å². The Kier molecular flexibility index (Phi) is 5.41. The van der Waals surface area contributed by atoms with E-state index in [9.17, 15) is 14.7 Å². The van der Waals surface area contributed by atoms with Crippen LogP contribution in [-0.4, -0.2) is 53.3 Å². The van der Waals surface area contributed by atoms with E-state index in [0.29, 0.717) is 55.7 Å². The van der Waals surface area contributed by atoms with Gasteiger partial charge in [-0.15, -0.1) is 0 Å². The van der Waals surface area contributed by atoms with Crippen LogP contribution >= 0.6 is 0 Å². The van der Waals surface area contributed by atoms with Gasteiger partial charge in [-0.25, -0.2) is 9.78 Å². The van der Waals surface area contributed by atoms with Gasteiger partial charge in [0, 0.05) is 31.9 Å². The van der Waals surface area contributed by atoms with Crippen molar-refractivity contribution in [1.82, 2.24) is 9.38 Å². The average Bonchev–Trinajstić information content (AvgIpc) is 2.75. The van der Waals surface area contributed by atoms with Crippen molar-refractivity contribution < 1.29 is 14.6 Å². The Morgan fingerprint density at radius 2 is 1.93 bits per heavy atom. The Morgan fingerprint density at radius 3 is 2.63 bits per heavy atom. The number of carboxylic acids is 1. The monoisotopic (exact) mass is 408 g/mol. The van der Waals surface area contributed by atoms with Gasteiger partial charge in [-0.05, 0) is 37.6 Å². The SMILES string of the molecule is CCN(c1ccccc1C(=O)O)c1cc(C)cn2c(=O)cc(N3CCOCC3)nc12. The second kappa shape index (κ2) is 8.16. The van der Waals surface area contributed by atoms with E-state index in [0.717, 1.165) is 5.56 Å². The van der Waals surface area contributed by atoms with Crippen molar-refractivity contribution in [2.24, 2.45) is 0 Å². The maximum absolute atomic E-state index is 12.9. The summed E-state index contributed by atoms with van der Waals surface area (Å²) in [6.07, 6.45) is 1.76. The van der Waals surface area contributed by atoms with Gasteiger partial charge >= 0.3 is 5.97 Å². The van der Waals surface area contributed by atoms with Gasteiger partial charge in [0.05, 0.1) is 30.2 Å². The van der Waals surface area contributed by atoms with Crippen molar-refractivity contribution in [1.29, 1.82) is 0 Å². The topological polar surface area (TPSA) is 87.4 Å². The third kappa shape index (κ3) is 3.61. The van der Waals surface area contributed by atoms with Gasteiger partial charge in [0.1, 0.15) is 5.82 Å². The van der Waals surface area contributed by atoms with Gasteiger partial charge in [-0.3, -0.25) is 9.20 Å². The van der Waals surface area contributed by atoms with Crippen LogP contribution in [0.4, 0.5) is 17.2 Å². The van der Waals surface area contributed by atoms with Crippen molar-refractivity contribution in [3.63, 3.8) is 0 Å². The maximum atomic E-state index is 12.9. The molecule has 30 heavy (non-hydrogen) atoms. The fraction of sp³-hybridized carbons (Fsp3) is 0.318. The molecule has 3 heterocycles. The molecule has 0 atom stereocenters. The number of anilines is 3. The van der Waals surface area contributed by atoms with Gasteiger partial charge in [-0.1, -0.05) is 12.1 Å². The number of carboxylic acid groups (broad SMARTS) is 1. The number of aromatic nitrogens is 2. The van der Waals surface area contributed by atoms with E-state index < -0.39 is 5.97 Å². The minimum Gasteiger partial charge on any atom is -0.478 e. The molecule has 8 nitrogen and oxygen atoms in total. The van der Waals surface area contributed by atoms with Crippen molar-refractivity contribution in [3.8, 4) is 0 Å². The molecule has 1 aromatic carbocycles. The molecule has 0 spiro atoms. The zero-order valence-corrected chi connectivity index (χ0v) is 17.0. The summed E-state index contributed by atoms with van der Waals surface area (Å²) in [5, 5.41) is 9.67. The van der Waals surface area contributed by atoms with E-state index in [1.54, 1.807) is 36.5 Å². The molecule has 0 amide bonds. The summed E-state index contributed by atoms with van der Waals surface area (Å²) < 4.78 is 6.94. The first kappa shape index (κ1) is 19.9. The first-order valence-corrected chi connectivity index (χ1v) is 9.96. The fourth-order valence-corrected chi connectivity index (χ4v) is 3.82. The van der Waals surface area contributed by atoms with E-state index in [1.807, 2.05) is 29.7 Å². The number of benzene rings is 1. The average molecular weight is 408 g/mol. The summed E-state index contributed by atoms with van der Waals surface area (Å²) in [5.74, 6) is -0.392. The second-order valence-corrected chi connectivity index (χ2v) is 7.21. The van der Waals surface area contributed by atoms with Crippen LogP contribution in [-0.2, 0) is 4.74 Å². The number of aryl methyl sites for hydroxylation is 1. The smallest absolute Gasteiger partial charge is 0.337 e. The Balaban J connectivity index is 1.94. The van der Waals surface area contributed by atoms with E-state index in [2.05, 4.69) is 0 Å². The van der Waals surface area contributed by atoms with Gasteiger partial charge in [0.15, 0.2) is 5.65 Å². The highest BCUT2D eigenvalue weighted by atomic mass is 16.5. The van der Waals surface area contributed by atoms with Crippen LogP contribution in [0.3, 0.4) is 0 Å². The molecule has 1 N–H and O–H groups in total. The molecule has 0 saturated carbocycles. The summed E-state index contributed by atoms with van der Waals surface area (Å²) in [4.78, 5) is 33.5. The lowest BCUT2D eigenvalue weighted by Crippen LogP contribution is -2.37. The Hall–Kier alpha value is -3.39. The maximum Gasteiger partial charge on any atom is 0.337 e. The fourth-order valence-electron chi connectivity index (χ4n) is 3.82. The molecule has 8 heteroatoms. The predicted octanol–water partition coefficient (Wildman–Crippen LogP) is 2.70. The number of rotatable bonds is 5. The van der Waals surface area contributed by atoms with Crippen LogP contribution in [0.25, 0.3) is 5.65 Å². The lowest BCUT2D eigenvalue weighted by Gasteiger charge is -2.29. The van der Waals surface area contributed by atoms with Crippen LogP contribution in [0.15, 0.2) is 47.4 Å². The van der Waals surface area contributed by atoms with Gasteiger partial charge in [0.2, 0.25) is 0 Å². The number of hydrogen-bond acceptors (Lipinski definition) is 6. The molecule has 0 unspecified atom stereocenters. The normalized spacial score (nSPS) is 14.1. The highest BCUT2D eigenvalue weighted by molar-refractivity contribution is 5.96. The van der Waals surface area contributed by atoms with Crippen molar-refractivity contribution in [2.75, 3.05) is 42.6 Å². The third-order valence-corrected chi connectivity index (χ3v) is 5.23. The van der Waals surface area contributed by atoms with Gasteiger partial charge in [0.25, 0.3) is 5.56 Å². The first-order valence-electron chi connectivity index (χ1n) is 9.96. The quantitative estimate of drug-likeness (QED) is 0.694. The van der Waals surface area contributed by atoms with Crippen LogP contribution in [0.5, 0.6) is 0 Å². The molecule has 1 saturated heterocycles. The molecule has 0 radical (unpaired) electrons. The largest absolute Gasteiger partial charge is 0.478 e. The second-order valence-electron chi connectivity index (χ2n) is 7.21. The third-order valence-electron chi connectivity index (χ3n) is 5.23. The Labute approximate surface area is 174 Å². The number of nitrogens with zero attached hydrogens (tertiary/aromatic N) is 4. The van der Waals surface area contributed by atoms with Crippen LogP contribution < -0.4 is 15.4 Å². The molecule has 2 aromatic heterocycles. The van der Waals surface area contributed by atoms with Crippen LogP contribution in [0, 0.1) is 6.92 Å². The number of ether oxygens (including phenoxy) is 1. The molecule has 0 bridgehead atoms. The number of morpholine rings is 1. The van der Waals surface area contributed by atoms with E-state index in [1.165, 1.54) is 4.40 Å². The predicted molar refractivity (Wildman–Crippen MR) is 115 cm³/mol. The molecule has 4 rings (SSSR count). The molecule has 156 valence electrons. The Morgan fingerprint density at radius 1 is 1.20 bits per heavy atom. The van der Waals surface area contributed by atoms with E-state index in [4.69, 9.17) is 9.72 Å². The zero-order chi connectivity index (χ0) is 21.3. The highest BCUT2D eigenvalue weighted by Gasteiger charge is 2.21.